The lowest BCUT2D eigenvalue weighted by Gasteiger charge is -2.32. The molecular weight excluding hydrogens is 264 g/mol. The average Bonchev–Trinajstić information content (AvgIpc) is 2.83. The quantitative estimate of drug-likeness (QED) is 0.690. The molecule has 1 fully saturated rings. The molecule has 0 aromatic carbocycles. The van der Waals surface area contributed by atoms with Gasteiger partial charge in [-0.1, -0.05) is 12.8 Å². The van der Waals surface area contributed by atoms with Crippen molar-refractivity contribution in [1.82, 2.24) is 14.7 Å². The minimum Gasteiger partial charge on any atom is -0.341 e. The number of nitrogens with zero attached hydrogens (tertiary/aromatic N) is 3. The Morgan fingerprint density at radius 2 is 1.33 bits per heavy atom. The Balaban J connectivity index is 2.54. The van der Waals surface area contributed by atoms with Gasteiger partial charge in [0.25, 0.3) is 0 Å². The predicted octanol–water partition coefficient (Wildman–Crippen LogP) is 0.990. The zero-order chi connectivity index (χ0) is 15.9. The van der Waals surface area contributed by atoms with Crippen LogP contribution in [0.25, 0.3) is 0 Å². The third kappa shape index (κ3) is 6.32. The molecule has 0 aromatic rings. The molecule has 1 amide bonds. The number of hydrogen-bond donors (Lipinski definition) is 1. The van der Waals surface area contributed by atoms with Gasteiger partial charge in [-0.2, -0.15) is 0 Å². The van der Waals surface area contributed by atoms with Crippen LogP contribution in [0.1, 0.15) is 38.5 Å². The minimum absolute atomic E-state index is 0.178. The van der Waals surface area contributed by atoms with Crippen molar-refractivity contribution < 1.29 is 4.79 Å². The van der Waals surface area contributed by atoms with Crippen molar-refractivity contribution in [1.29, 1.82) is 0 Å². The number of nitrogens with two attached hydrogens (primary N) is 1. The van der Waals surface area contributed by atoms with Gasteiger partial charge in [-0.3, -0.25) is 4.79 Å². The van der Waals surface area contributed by atoms with Gasteiger partial charge in [0.1, 0.15) is 0 Å². The third-order valence-electron chi connectivity index (χ3n) is 4.28. The number of carbonyl (C=O) groups is 1. The first-order valence-electron chi connectivity index (χ1n) is 8.23. The van der Waals surface area contributed by atoms with Gasteiger partial charge in [0.05, 0.1) is 5.54 Å². The fourth-order valence-corrected chi connectivity index (χ4v) is 3.01. The number of amides is 1. The summed E-state index contributed by atoms with van der Waals surface area (Å²) < 4.78 is 0. The number of rotatable bonds is 9. The van der Waals surface area contributed by atoms with Gasteiger partial charge in [-0.25, -0.2) is 0 Å². The fourth-order valence-electron chi connectivity index (χ4n) is 3.01. The zero-order valence-electron chi connectivity index (χ0n) is 14.4. The highest BCUT2D eigenvalue weighted by Crippen LogP contribution is 2.29. The Kier molecular flexibility index (Phi) is 7.63. The molecule has 0 bridgehead atoms. The van der Waals surface area contributed by atoms with Crippen molar-refractivity contribution in [3.8, 4) is 0 Å². The van der Waals surface area contributed by atoms with Crippen LogP contribution in [0.2, 0.25) is 0 Å². The van der Waals surface area contributed by atoms with Crippen molar-refractivity contribution in [3.05, 3.63) is 0 Å². The van der Waals surface area contributed by atoms with Gasteiger partial charge < -0.3 is 20.4 Å². The maximum absolute atomic E-state index is 12.8. The van der Waals surface area contributed by atoms with E-state index in [2.05, 4.69) is 38.0 Å². The van der Waals surface area contributed by atoms with Gasteiger partial charge in [-0.05, 0) is 67.0 Å². The number of hydrogen-bond acceptors (Lipinski definition) is 4. The van der Waals surface area contributed by atoms with Gasteiger partial charge >= 0.3 is 0 Å². The third-order valence-corrected chi connectivity index (χ3v) is 4.28. The standard InChI is InChI=1S/C16H34N4O/c1-18(2)11-7-13-20(14-8-12-19(3)4)15(21)16(17)9-5-6-10-16/h5-14,17H2,1-4H3. The van der Waals surface area contributed by atoms with E-state index < -0.39 is 5.54 Å². The molecule has 0 aromatic heterocycles. The molecule has 5 heteroatoms. The molecule has 0 spiro atoms. The lowest BCUT2D eigenvalue weighted by molar-refractivity contribution is -0.137. The molecule has 1 aliphatic rings. The molecule has 124 valence electrons. The van der Waals surface area contributed by atoms with E-state index in [0.717, 1.165) is 64.7 Å². The lowest BCUT2D eigenvalue weighted by Crippen LogP contribution is -2.54. The molecule has 0 atom stereocenters. The van der Waals surface area contributed by atoms with Crippen molar-refractivity contribution in [3.63, 3.8) is 0 Å². The normalized spacial score (nSPS) is 17.7. The molecule has 21 heavy (non-hydrogen) atoms. The minimum atomic E-state index is -0.587. The second-order valence-electron chi connectivity index (χ2n) is 6.97. The molecule has 1 aliphatic carbocycles. The summed E-state index contributed by atoms with van der Waals surface area (Å²) in [6.45, 7) is 3.66. The van der Waals surface area contributed by atoms with E-state index in [1.807, 2.05) is 4.90 Å². The van der Waals surface area contributed by atoms with Gasteiger partial charge in [0, 0.05) is 13.1 Å². The van der Waals surface area contributed by atoms with Crippen LogP contribution < -0.4 is 5.73 Å². The van der Waals surface area contributed by atoms with E-state index in [1.165, 1.54) is 0 Å². The second kappa shape index (κ2) is 8.71. The molecule has 0 unspecified atom stereocenters. The van der Waals surface area contributed by atoms with Crippen molar-refractivity contribution in [2.45, 2.75) is 44.1 Å². The summed E-state index contributed by atoms with van der Waals surface area (Å²) in [6.07, 6.45) is 5.90. The van der Waals surface area contributed by atoms with Crippen LogP contribution >= 0.6 is 0 Å². The molecule has 0 aliphatic heterocycles. The van der Waals surface area contributed by atoms with Gasteiger partial charge in [-0.15, -0.1) is 0 Å². The summed E-state index contributed by atoms with van der Waals surface area (Å²) in [5.74, 6) is 0.178. The molecule has 0 saturated heterocycles. The van der Waals surface area contributed by atoms with Crippen LogP contribution in [0.15, 0.2) is 0 Å². The van der Waals surface area contributed by atoms with E-state index in [1.54, 1.807) is 0 Å². The molecule has 5 nitrogen and oxygen atoms in total. The first kappa shape index (κ1) is 18.4. The molecule has 2 N–H and O–H groups in total. The molecular formula is C16H34N4O. The van der Waals surface area contributed by atoms with Crippen LogP contribution in [0, 0.1) is 0 Å². The second-order valence-corrected chi connectivity index (χ2v) is 6.97. The summed E-state index contributed by atoms with van der Waals surface area (Å²) in [7, 11) is 8.28. The Bertz CT molecular complexity index is 297. The summed E-state index contributed by atoms with van der Waals surface area (Å²) >= 11 is 0. The van der Waals surface area contributed by atoms with E-state index in [4.69, 9.17) is 5.73 Å². The average molecular weight is 298 g/mol. The highest BCUT2D eigenvalue weighted by atomic mass is 16.2. The van der Waals surface area contributed by atoms with Crippen LogP contribution in [0.5, 0.6) is 0 Å². The van der Waals surface area contributed by atoms with Crippen LogP contribution in [-0.4, -0.2) is 80.5 Å². The number of carbonyl (C=O) groups excluding carboxylic acids is 1. The molecule has 1 rings (SSSR count). The monoisotopic (exact) mass is 298 g/mol. The van der Waals surface area contributed by atoms with E-state index in [-0.39, 0.29) is 5.91 Å². The van der Waals surface area contributed by atoms with Crippen LogP contribution in [-0.2, 0) is 4.79 Å². The maximum Gasteiger partial charge on any atom is 0.242 e. The Hall–Kier alpha value is -0.650. The van der Waals surface area contributed by atoms with E-state index >= 15 is 0 Å². The predicted molar refractivity (Wildman–Crippen MR) is 88.3 cm³/mol. The Morgan fingerprint density at radius 1 is 0.905 bits per heavy atom. The highest BCUT2D eigenvalue weighted by molar-refractivity contribution is 5.86. The van der Waals surface area contributed by atoms with E-state index in [9.17, 15) is 4.79 Å². The van der Waals surface area contributed by atoms with Crippen LogP contribution in [0.3, 0.4) is 0 Å². The summed E-state index contributed by atoms with van der Waals surface area (Å²) in [5.41, 5.74) is 5.77. The lowest BCUT2D eigenvalue weighted by atomic mass is 9.97. The summed E-state index contributed by atoms with van der Waals surface area (Å²) in [6, 6.07) is 0. The van der Waals surface area contributed by atoms with E-state index in [0.29, 0.717) is 0 Å². The highest BCUT2D eigenvalue weighted by Gasteiger charge is 2.39. The zero-order valence-corrected chi connectivity index (χ0v) is 14.4. The van der Waals surface area contributed by atoms with Crippen molar-refractivity contribution >= 4 is 5.91 Å². The van der Waals surface area contributed by atoms with Crippen molar-refractivity contribution in [2.75, 3.05) is 54.4 Å². The molecule has 1 saturated carbocycles. The van der Waals surface area contributed by atoms with Gasteiger partial charge in [0.2, 0.25) is 5.91 Å². The first-order valence-corrected chi connectivity index (χ1v) is 8.23. The van der Waals surface area contributed by atoms with Crippen molar-refractivity contribution in [2.24, 2.45) is 5.73 Å². The largest absolute Gasteiger partial charge is 0.341 e. The SMILES string of the molecule is CN(C)CCCN(CCCN(C)C)C(=O)C1(N)CCCC1. The van der Waals surface area contributed by atoms with Crippen LogP contribution in [0.4, 0.5) is 0 Å². The molecule has 0 heterocycles. The smallest absolute Gasteiger partial charge is 0.242 e. The maximum atomic E-state index is 12.8. The first-order chi connectivity index (χ1) is 9.85. The Morgan fingerprint density at radius 3 is 1.71 bits per heavy atom. The summed E-state index contributed by atoms with van der Waals surface area (Å²) in [4.78, 5) is 19.1. The fraction of sp³-hybridized carbons (Fsp3) is 0.938. The Labute approximate surface area is 130 Å². The molecule has 0 radical (unpaired) electrons. The van der Waals surface area contributed by atoms with Gasteiger partial charge in [0.15, 0.2) is 0 Å². The summed E-state index contributed by atoms with van der Waals surface area (Å²) in [5, 5.41) is 0. The topological polar surface area (TPSA) is 52.8 Å².